The molecular formula is C10H12Cl2N2O4S2. The third kappa shape index (κ3) is 3.44. The number of sulfonamides is 1. The topological polar surface area (TPSA) is 77.9 Å². The summed E-state index contributed by atoms with van der Waals surface area (Å²) in [6.45, 7) is 1.14. The second kappa shape index (κ2) is 6.17. The van der Waals surface area contributed by atoms with Crippen molar-refractivity contribution in [1.82, 2.24) is 9.21 Å². The number of thiophene rings is 1. The van der Waals surface area contributed by atoms with E-state index in [4.69, 9.17) is 28.3 Å². The molecule has 0 unspecified atom stereocenters. The van der Waals surface area contributed by atoms with Gasteiger partial charge in [0.2, 0.25) is 10.0 Å². The summed E-state index contributed by atoms with van der Waals surface area (Å²) in [5.74, 6) is -0.922. The van der Waals surface area contributed by atoms with Crippen LogP contribution < -0.4 is 0 Å². The first-order chi connectivity index (χ1) is 9.30. The SMILES string of the molecule is O=C(O)CN1CCN(S(=O)(=O)c2cc(Cl)sc2Cl)CC1. The number of nitrogens with zero attached hydrogens (tertiary/aromatic N) is 2. The standard InChI is InChI=1S/C10H12Cl2N2O4S2/c11-8-5-7(10(12)19-8)20(17,18)14-3-1-13(2-4-14)6-9(15)16/h5H,1-4,6H2,(H,15,16). The van der Waals surface area contributed by atoms with Gasteiger partial charge in [0.1, 0.15) is 9.23 Å². The van der Waals surface area contributed by atoms with Gasteiger partial charge in [-0.15, -0.1) is 11.3 Å². The van der Waals surface area contributed by atoms with Gasteiger partial charge in [-0.05, 0) is 6.07 Å². The highest BCUT2D eigenvalue weighted by Crippen LogP contribution is 2.35. The van der Waals surface area contributed by atoms with Crippen molar-refractivity contribution in [3.05, 3.63) is 14.7 Å². The van der Waals surface area contributed by atoms with E-state index >= 15 is 0 Å². The molecule has 0 saturated carbocycles. The van der Waals surface area contributed by atoms with Crippen molar-refractivity contribution >= 4 is 50.5 Å². The van der Waals surface area contributed by atoms with Crippen LogP contribution in [0.1, 0.15) is 0 Å². The predicted octanol–water partition coefficient (Wildman–Crippen LogP) is 1.45. The number of carboxylic acid groups (broad SMARTS) is 1. The number of carboxylic acids is 1. The van der Waals surface area contributed by atoms with E-state index in [1.54, 1.807) is 4.90 Å². The van der Waals surface area contributed by atoms with Crippen LogP contribution in [0, 0.1) is 0 Å². The lowest BCUT2D eigenvalue weighted by molar-refractivity contribution is -0.138. The van der Waals surface area contributed by atoms with Crippen molar-refractivity contribution in [2.24, 2.45) is 0 Å². The van der Waals surface area contributed by atoms with E-state index in [1.807, 2.05) is 0 Å². The van der Waals surface area contributed by atoms with Gasteiger partial charge in [0.25, 0.3) is 0 Å². The van der Waals surface area contributed by atoms with Gasteiger partial charge < -0.3 is 5.11 Å². The Balaban J connectivity index is 2.10. The zero-order valence-electron chi connectivity index (χ0n) is 10.3. The number of aliphatic carboxylic acids is 1. The molecule has 0 aromatic carbocycles. The van der Waals surface area contributed by atoms with Crippen molar-refractivity contribution in [3.63, 3.8) is 0 Å². The number of hydrogen-bond acceptors (Lipinski definition) is 5. The van der Waals surface area contributed by atoms with Crippen LogP contribution in [0.25, 0.3) is 0 Å². The maximum absolute atomic E-state index is 12.4. The second-order valence-electron chi connectivity index (χ2n) is 4.26. The van der Waals surface area contributed by atoms with E-state index in [0.717, 1.165) is 11.3 Å². The Morgan fingerprint density at radius 1 is 1.30 bits per heavy atom. The largest absolute Gasteiger partial charge is 0.480 e. The first kappa shape index (κ1) is 16.0. The van der Waals surface area contributed by atoms with Crippen LogP contribution in [0.4, 0.5) is 0 Å². The Hall–Kier alpha value is -0.380. The summed E-state index contributed by atoms with van der Waals surface area (Å²) in [7, 11) is -3.67. The molecule has 1 fully saturated rings. The molecule has 1 saturated heterocycles. The van der Waals surface area contributed by atoms with Crippen LogP contribution in [0.2, 0.25) is 8.67 Å². The molecule has 10 heteroatoms. The van der Waals surface area contributed by atoms with Gasteiger partial charge in [0, 0.05) is 26.2 Å². The lowest BCUT2D eigenvalue weighted by Gasteiger charge is -2.32. The minimum absolute atomic E-state index is 0.0147. The first-order valence-corrected chi connectivity index (χ1v) is 8.71. The number of carbonyl (C=O) groups is 1. The summed E-state index contributed by atoms with van der Waals surface area (Å²) in [5.41, 5.74) is 0. The van der Waals surface area contributed by atoms with Gasteiger partial charge in [-0.1, -0.05) is 23.2 Å². The molecule has 1 N–H and O–H groups in total. The Bertz CT molecular complexity index is 609. The van der Waals surface area contributed by atoms with E-state index in [1.165, 1.54) is 10.4 Å². The predicted molar refractivity (Wildman–Crippen MR) is 77.2 cm³/mol. The third-order valence-corrected chi connectivity index (χ3v) is 6.58. The average molecular weight is 359 g/mol. The van der Waals surface area contributed by atoms with Crippen molar-refractivity contribution in [3.8, 4) is 0 Å². The maximum Gasteiger partial charge on any atom is 0.317 e. The molecule has 1 aromatic rings. The van der Waals surface area contributed by atoms with Crippen LogP contribution in [0.15, 0.2) is 11.0 Å². The Labute approximate surface area is 130 Å². The van der Waals surface area contributed by atoms with Crippen LogP contribution in [-0.4, -0.2) is 61.4 Å². The Kier molecular flexibility index (Phi) is 4.93. The molecule has 0 atom stereocenters. The molecule has 0 spiro atoms. The van der Waals surface area contributed by atoms with E-state index in [0.29, 0.717) is 17.4 Å². The Morgan fingerprint density at radius 3 is 2.35 bits per heavy atom. The highest BCUT2D eigenvalue weighted by molar-refractivity contribution is 7.89. The second-order valence-corrected chi connectivity index (χ2v) is 8.45. The summed E-state index contributed by atoms with van der Waals surface area (Å²) < 4.78 is 26.6. The maximum atomic E-state index is 12.4. The fraction of sp³-hybridized carbons (Fsp3) is 0.500. The molecule has 1 aliphatic heterocycles. The highest BCUT2D eigenvalue weighted by Gasteiger charge is 2.31. The first-order valence-electron chi connectivity index (χ1n) is 5.70. The summed E-state index contributed by atoms with van der Waals surface area (Å²) >= 11 is 12.7. The van der Waals surface area contributed by atoms with Gasteiger partial charge in [-0.3, -0.25) is 9.69 Å². The zero-order valence-corrected chi connectivity index (χ0v) is 13.4. The smallest absolute Gasteiger partial charge is 0.317 e. The van der Waals surface area contributed by atoms with Crippen molar-refractivity contribution in [2.75, 3.05) is 32.7 Å². The van der Waals surface area contributed by atoms with Crippen LogP contribution in [-0.2, 0) is 14.8 Å². The molecule has 0 bridgehead atoms. The van der Waals surface area contributed by atoms with Crippen LogP contribution in [0.3, 0.4) is 0 Å². The molecule has 0 radical (unpaired) electrons. The molecule has 0 aliphatic carbocycles. The van der Waals surface area contributed by atoms with Gasteiger partial charge >= 0.3 is 5.97 Å². The van der Waals surface area contributed by atoms with E-state index in [2.05, 4.69) is 0 Å². The van der Waals surface area contributed by atoms with Crippen LogP contribution >= 0.6 is 34.5 Å². The summed E-state index contributed by atoms with van der Waals surface area (Å²) in [6.07, 6.45) is 0. The molecule has 2 heterocycles. The van der Waals surface area contributed by atoms with E-state index in [9.17, 15) is 13.2 Å². The number of halogens is 2. The van der Waals surface area contributed by atoms with Crippen molar-refractivity contribution in [1.29, 1.82) is 0 Å². The molecule has 112 valence electrons. The van der Waals surface area contributed by atoms with Gasteiger partial charge in [0.05, 0.1) is 10.9 Å². The van der Waals surface area contributed by atoms with Gasteiger partial charge in [-0.2, -0.15) is 4.31 Å². The van der Waals surface area contributed by atoms with E-state index < -0.39 is 16.0 Å². The fourth-order valence-corrected chi connectivity index (χ4v) is 5.49. The molecule has 1 aromatic heterocycles. The summed E-state index contributed by atoms with van der Waals surface area (Å²) in [5, 5.41) is 8.70. The molecule has 1 aliphatic rings. The minimum Gasteiger partial charge on any atom is -0.480 e. The summed E-state index contributed by atoms with van der Waals surface area (Å²) in [4.78, 5) is 12.3. The summed E-state index contributed by atoms with van der Waals surface area (Å²) in [6, 6.07) is 1.34. The quantitative estimate of drug-likeness (QED) is 0.880. The van der Waals surface area contributed by atoms with Crippen LogP contribution in [0.5, 0.6) is 0 Å². The number of piperazine rings is 1. The van der Waals surface area contributed by atoms with Gasteiger partial charge in [0.15, 0.2) is 0 Å². The molecule has 2 rings (SSSR count). The number of rotatable bonds is 4. The molecular weight excluding hydrogens is 347 g/mol. The normalized spacial score (nSPS) is 18.3. The Morgan fingerprint density at radius 2 is 1.90 bits per heavy atom. The molecule has 20 heavy (non-hydrogen) atoms. The van der Waals surface area contributed by atoms with E-state index in [-0.39, 0.29) is 28.9 Å². The molecule has 6 nitrogen and oxygen atoms in total. The van der Waals surface area contributed by atoms with Crippen molar-refractivity contribution < 1.29 is 18.3 Å². The minimum atomic E-state index is -3.67. The molecule has 0 amide bonds. The van der Waals surface area contributed by atoms with Gasteiger partial charge in [-0.25, -0.2) is 8.42 Å². The monoisotopic (exact) mass is 358 g/mol. The average Bonchev–Trinajstić information content (AvgIpc) is 2.69. The third-order valence-electron chi connectivity index (χ3n) is 2.93. The fourth-order valence-electron chi connectivity index (χ4n) is 1.96. The lowest BCUT2D eigenvalue weighted by Crippen LogP contribution is -2.49. The zero-order chi connectivity index (χ0) is 14.9. The number of hydrogen-bond donors (Lipinski definition) is 1. The lowest BCUT2D eigenvalue weighted by atomic mass is 10.3. The van der Waals surface area contributed by atoms with Crippen molar-refractivity contribution in [2.45, 2.75) is 4.90 Å². The highest BCUT2D eigenvalue weighted by atomic mass is 35.5.